The second kappa shape index (κ2) is 21.6. The van der Waals surface area contributed by atoms with Gasteiger partial charge >= 0.3 is 34.5 Å². The third-order valence-electron chi connectivity index (χ3n) is 6.10. The molecule has 0 aliphatic rings. The van der Waals surface area contributed by atoms with Gasteiger partial charge < -0.3 is 11.5 Å². The largest absolute Gasteiger partial charge is 0.0622 e. The first-order chi connectivity index (χ1) is 19.1. The topological polar surface area (TPSA) is 52.0 Å². The summed E-state index contributed by atoms with van der Waals surface area (Å²) in [5, 5.41) is 5.94. The minimum absolute atomic E-state index is 0.309. The van der Waals surface area contributed by atoms with E-state index in [2.05, 4.69) is 128 Å². The van der Waals surface area contributed by atoms with E-state index in [-0.39, 0.29) is 31.0 Å². The molecule has 4 rings (SSSR count). The Morgan fingerprint density at radius 2 is 0.897 bits per heavy atom. The molecular formula is C32H40Cl2N2P2Ru. The minimum atomic E-state index is -0.346. The van der Waals surface area contributed by atoms with Gasteiger partial charge in [0.2, 0.25) is 0 Å². The molecule has 0 heterocycles. The number of rotatable bonds is 11. The van der Waals surface area contributed by atoms with E-state index in [4.69, 9.17) is 30.8 Å². The maximum absolute atomic E-state index is 5.50. The first-order valence-corrected chi connectivity index (χ1v) is 20.7. The van der Waals surface area contributed by atoms with Gasteiger partial charge in [-0.05, 0) is 75.2 Å². The standard InChI is InChI=1S/C27H26P2.C5H14N2.2ClH.Ru/c1-5-14-24(15-6-1)28(25-16-7-2-8-17-25)22-13-23-29(26-18-9-3-10-19-26)27-20-11-4-12-21-27;1-2-5(7)3-4-6;;;/h1-12,14-21H,13,22-23H2;5H,2-4,6-7H2,1H3;2*1H;/q;;;;+2/p-2. The van der Waals surface area contributed by atoms with Crippen molar-refractivity contribution in [3.8, 4) is 0 Å². The molecule has 1 atom stereocenters. The predicted octanol–water partition coefficient (Wildman–Crippen LogP) is 7.09. The molecule has 0 spiro atoms. The molecular weight excluding hydrogens is 646 g/mol. The zero-order chi connectivity index (χ0) is 28.1. The van der Waals surface area contributed by atoms with Crippen LogP contribution in [-0.4, -0.2) is 24.9 Å². The van der Waals surface area contributed by atoms with Crippen molar-refractivity contribution in [3.05, 3.63) is 121 Å². The second-order valence-electron chi connectivity index (χ2n) is 8.80. The van der Waals surface area contributed by atoms with Crippen molar-refractivity contribution in [1.82, 2.24) is 0 Å². The van der Waals surface area contributed by atoms with Gasteiger partial charge in [0.15, 0.2) is 0 Å². The molecule has 7 heteroatoms. The first kappa shape index (κ1) is 34.1. The molecule has 210 valence electrons. The number of nitrogens with two attached hydrogens (primary N) is 2. The molecule has 0 bridgehead atoms. The third-order valence-corrected chi connectivity index (χ3v) is 11.3. The number of hydrogen-bond donors (Lipinski definition) is 2. The van der Waals surface area contributed by atoms with Crippen LogP contribution in [0.2, 0.25) is 0 Å². The zero-order valence-electron chi connectivity index (χ0n) is 22.5. The third kappa shape index (κ3) is 13.4. The Morgan fingerprint density at radius 1 is 0.615 bits per heavy atom. The molecule has 0 amide bonds. The number of halogens is 2. The Kier molecular flexibility index (Phi) is 18.9. The molecule has 4 aromatic carbocycles. The first-order valence-electron chi connectivity index (χ1n) is 13.2. The van der Waals surface area contributed by atoms with Crippen LogP contribution in [0.1, 0.15) is 26.2 Å². The van der Waals surface area contributed by atoms with Gasteiger partial charge in [-0.15, -0.1) is 0 Å². The van der Waals surface area contributed by atoms with Crippen LogP contribution < -0.4 is 32.7 Å². The van der Waals surface area contributed by atoms with E-state index in [1.807, 2.05) is 0 Å². The van der Waals surface area contributed by atoms with Crippen LogP contribution in [0, 0.1) is 0 Å². The van der Waals surface area contributed by atoms with Crippen molar-refractivity contribution in [2.75, 3.05) is 18.9 Å². The Hall–Kier alpha value is -1.14. The van der Waals surface area contributed by atoms with Crippen LogP contribution >= 0.6 is 35.2 Å². The minimum Gasteiger partial charge on any atom is -0.0622 e. The molecule has 0 radical (unpaired) electrons. The Labute approximate surface area is 254 Å². The average molecular weight is 687 g/mol. The molecule has 4 aromatic rings. The van der Waals surface area contributed by atoms with Crippen LogP contribution in [0.4, 0.5) is 0 Å². The summed E-state index contributed by atoms with van der Waals surface area (Å²) in [7, 11) is 9.09. The quantitative estimate of drug-likeness (QED) is 0.131. The fraction of sp³-hybridized carbons (Fsp3) is 0.250. The monoisotopic (exact) mass is 686 g/mol. The Balaban J connectivity index is 0.000000459. The molecule has 0 saturated heterocycles. The predicted molar refractivity (Wildman–Crippen MR) is 176 cm³/mol. The summed E-state index contributed by atoms with van der Waals surface area (Å²) in [6, 6.07) is 44.6. The van der Waals surface area contributed by atoms with Crippen LogP contribution in [0.15, 0.2) is 121 Å². The van der Waals surface area contributed by atoms with E-state index in [0.717, 1.165) is 19.4 Å². The summed E-state index contributed by atoms with van der Waals surface area (Å²) in [6.45, 7) is 2.79. The summed E-state index contributed by atoms with van der Waals surface area (Å²) >= 11 is -0.346. The summed E-state index contributed by atoms with van der Waals surface area (Å²) in [4.78, 5) is 0. The van der Waals surface area contributed by atoms with E-state index >= 15 is 0 Å². The summed E-state index contributed by atoms with van der Waals surface area (Å²) in [6.07, 6.45) is 5.71. The fourth-order valence-electron chi connectivity index (χ4n) is 4.05. The van der Waals surface area contributed by atoms with Gasteiger partial charge in [-0.3, -0.25) is 0 Å². The molecule has 2 nitrogen and oxygen atoms in total. The van der Waals surface area contributed by atoms with Gasteiger partial charge in [-0.25, -0.2) is 0 Å². The van der Waals surface area contributed by atoms with Crippen molar-refractivity contribution in [3.63, 3.8) is 0 Å². The van der Waals surface area contributed by atoms with Crippen molar-refractivity contribution < 1.29 is 15.1 Å². The van der Waals surface area contributed by atoms with E-state index in [9.17, 15) is 0 Å². The van der Waals surface area contributed by atoms with Crippen LogP contribution in [0.25, 0.3) is 0 Å². The maximum Gasteiger partial charge on any atom is -0.0195 e. The van der Waals surface area contributed by atoms with Gasteiger partial charge in [0, 0.05) is 6.04 Å². The molecule has 0 aromatic heterocycles. The molecule has 4 N–H and O–H groups in total. The smallest absolute Gasteiger partial charge is 0.0195 e. The maximum atomic E-state index is 5.50. The van der Waals surface area contributed by atoms with E-state index < -0.39 is 0 Å². The van der Waals surface area contributed by atoms with Crippen molar-refractivity contribution >= 4 is 56.4 Å². The summed E-state index contributed by atoms with van der Waals surface area (Å²) < 4.78 is 0. The summed E-state index contributed by atoms with van der Waals surface area (Å²) in [5.74, 6) is 0. The van der Waals surface area contributed by atoms with Gasteiger partial charge in [0.25, 0.3) is 0 Å². The number of benzene rings is 4. The van der Waals surface area contributed by atoms with Crippen LogP contribution in [0.5, 0.6) is 0 Å². The van der Waals surface area contributed by atoms with Gasteiger partial charge in [-0.1, -0.05) is 128 Å². The molecule has 39 heavy (non-hydrogen) atoms. The fourth-order valence-corrected chi connectivity index (χ4v) is 9.01. The Bertz CT molecular complexity index is 948. The average Bonchev–Trinajstić information content (AvgIpc) is 3.00. The van der Waals surface area contributed by atoms with E-state index in [1.165, 1.54) is 40.0 Å². The molecule has 0 aliphatic heterocycles. The SMILES string of the molecule is CCC(N)CCN.[Cl][Ru][Cl].c1ccc(P(CCCP(c2ccccc2)c2ccccc2)c2ccccc2)cc1. The molecule has 0 fully saturated rings. The van der Waals surface area contributed by atoms with Crippen molar-refractivity contribution in [2.24, 2.45) is 11.5 Å². The zero-order valence-corrected chi connectivity index (χ0v) is 27.6. The molecule has 0 saturated carbocycles. The van der Waals surface area contributed by atoms with Crippen LogP contribution in [0.3, 0.4) is 0 Å². The number of hydrogen-bond acceptors (Lipinski definition) is 2. The normalized spacial score (nSPS) is 11.4. The van der Waals surface area contributed by atoms with Crippen LogP contribution in [-0.2, 0) is 15.1 Å². The Morgan fingerprint density at radius 3 is 1.10 bits per heavy atom. The van der Waals surface area contributed by atoms with Crippen molar-refractivity contribution in [1.29, 1.82) is 0 Å². The van der Waals surface area contributed by atoms with Gasteiger partial charge in [-0.2, -0.15) is 0 Å². The van der Waals surface area contributed by atoms with Gasteiger partial charge in [0.1, 0.15) is 0 Å². The second-order valence-corrected chi connectivity index (χ2v) is 16.1. The summed E-state index contributed by atoms with van der Waals surface area (Å²) in [5.41, 5.74) is 10.7. The molecule has 0 aliphatic carbocycles. The van der Waals surface area contributed by atoms with E-state index in [0.29, 0.717) is 6.04 Å². The van der Waals surface area contributed by atoms with Gasteiger partial charge in [0.05, 0.1) is 0 Å². The van der Waals surface area contributed by atoms with Crippen molar-refractivity contribution in [2.45, 2.75) is 32.2 Å². The molecule has 1 unspecified atom stereocenters. The van der Waals surface area contributed by atoms with E-state index in [1.54, 1.807) is 0 Å².